The maximum Gasteiger partial charge on any atom is 0.183 e. The van der Waals surface area contributed by atoms with Crippen LogP contribution in [0.3, 0.4) is 0 Å². The smallest absolute Gasteiger partial charge is 0.183 e. The number of benzene rings is 1. The van der Waals surface area contributed by atoms with Crippen molar-refractivity contribution in [1.29, 1.82) is 0 Å². The average Bonchev–Trinajstić information content (AvgIpc) is 2.38. The number of carbonyl (C=O) groups excluding carboxylic acids is 1. The Hall–Kier alpha value is -2.16. The van der Waals surface area contributed by atoms with Crippen molar-refractivity contribution < 1.29 is 4.79 Å². The van der Waals surface area contributed by atoms with Crippen LogP contribution in [0.4, 0.5) is 5.69 Å². The third-order valence-electron chi connectivity index (χ3n) is 3.05. The summed E-state index contributed by atoms with van der Waals surface area (Å²) in [7, 11) is 0. The van der Waals surface area contributed by atoms with Crippen molar-refractivity contribution >= 4 is 17.2 Å². The van der Waals surface area contributed by atoms with E-state index < -0.39 is 0 Å². The second-order valence-electron chi connectivity index (χ2n) is 4.70. The predicted molar refractivity (Wildman–Crippen MR) is 78.6 cm³/mol. The van der Waals surface area contributed by atoms with Crippen LogP contribution in [0, 0.1) is 0 Å². The fraction of sp³-hybridized carbons (Fsp3) is 0.250. The molecule has 19 heavy (non-hydrogen) atoms. The zero-order valence-corrected chi connectivity index (χ0v) is 11.3. The summed E-state index contributed by atoms with van der Waals surface area (Å²) in [4.78, 5) is 15.9. The lowest BCUT2D eigenvalue weighted by Crippen LogP contribution is -2.17. The van der Waals surface area contributed by atoms with Crippen LogP contribution in [-0.2, 0) is 11.2 Å². The van der Waals surface area contributed by atoms with Crippen LogP contribution in [-0.4, -0.2) is 11.5 Å². The fourth-order valence-corrected chi connectivity index (χ4v) is 1.95. The lowest BCUT2D eigenvalue weighted by Gasteiger charge is -2.09. The first-order valence-electron chi connectivity index (χ1n) is 6.48. The molecule has 0 unspecified atom stereocenters. The summed E-state index contributed by atoms with van der Waals surface area (Å²) >= 11 is 0. The number of rotatable bonds is 3. The van der Waals surface area contributed by atoms with E-state index in [-0.39, 0.29) is 5.78 Å². The van der Waals surface area contributed by atoms with Gasteiger partial charge in [-0.3, -0.25) is 4.79 Å². The summed E-state index contributed by atoms with van der Waals surface area (Å²) < 4.78 is 0. The van der Waals surface area contributed by atoms with Gasteiger partial charge in [0.25, 0.3) is 0 Å². The first kappa shape index (κ1) is 13.3. The minimum Gasteiger partial charge on any atom is -0.397 e. The minimum absolute atomic E-state index is 0.0465. The van der Waals surface area contributed by atoms with Gasteiger partial charge in [0.05, 0.1) is 17.1 Å². The molecular formula is C16H18N2O. The lowest BCUT2D eigenvalue weighted by molar-refractivity contribution is -0.111. The average molecular weight is 254 g/mol. The second-order valence-corrected chi connectivity index (χ2v) is 4.70. The van der Waals surface area contributed by atoms with Crippen molar-refractivity contribution in [1.82, 2.24) is 0 Å². The Morgan fingerprint density at radius 1 is 1.16 bits per heavy atom. The summed E-state index contributed by atoms with van der Waals surface area (Å²) in [6.45, 7) is 3.93. The van der Waals surface area contributed by atoms with Crippen LogP contribution in [0.1, 0.15) is 25.8 Å². The molecule has 1 aromatic carbocycles. The number of aliphatic imine (C=N–C) groups is 1. The second kappa shape index (κ2) is 5.65. The number of hydrogen-bond donors (Lipinski definition) is 1. The molecule has 0 fully saturated rings. The Labute approximate surface area is 113 Å². The topological polar surface area (TPSA) is 55.5 Å². The van der Waals surface area contributed by atoms with Crippen molar-refractivity contribution in [2.24, 2.45) is 10.7 Å². The van der Waals surface area contributed by atoms with Gasteiger partial charge >= 0.3 is 0 Å². The Morgan fingerprint density at radius 2 is 1.84 bits per heavy atom. The summed E-state index contributed by atoms with van der Waals surface area (Å²) in [6, 6.07) is 8.11. The number of nitrogens with two attached hydrogens (primary N) is 1. The third kappa shape index (κ3) is 3.19. The highest BCUT2D eigenvalue weighted by atomic mass is 16.1. The quantitative estimate of drug-likeness (QED) is 0.843. The molecule has 0 bridgehead atoms. The molecule has 0 radical (unpaired) electrons. The number of ketones is 1. The number of carbonyl (C=O) groups is 1. The minimum atomic E-state index is -0.0465. The summed E-state index contributed by atoms with van der Waals surface area (Å²) in [5.41, 5.74) is 9.72. The van der Waals surface area contributed by atoms with Crippen molar-refractivity contribution in [3.05, 3.63) is 53.3 Å². The SMILES string of the molecule is CCCc1ccc(N=C2C=C(C)C(=O)C=C2N)cc1. The summed E-state index contributed by atoms with van der Waals surface area (Å²) in [5.74, 6) is -0.0465. The Bertz CT molecular complexity index is 577. The highest BCUT2D eigenvalue weighted by Crippen LogP contribution is 2.18. The molecule has 98 valence electrons. The molecule has 0 amide bonds. The normalized spacial score (nSPS) is 17.4. The van der Waals surface area contributed by atoms with Crippen molar-refractivity contribution in [3.8, 4) is 0 Å². The molecule has 2 N–H and O–H groups in total. The third-order valence-corrected chi connectivity index (χ3v) is 3.05. The van der Waals surface area contributed by atoms with Crippen LogP contribution in [0.15, 0.2) is 52.7 Å². The fourth-order valence-electron chi connectivity index (χ4n) is 1.95. The Kier molecular flexibility index (Phi) is 3.95. The van der Waals surface area contributed by atoms with Gasteiger partial charge in [0.1, 0.15) is 0 Å². The van der Waals surface area contributed by atoms with Crippen LogP contribution in [0.5, 0.6) is 0 Å². The van der Waals surface area contributed by atoms with Crippen LogP contribution in [0.2, 0.25) is 0 Å². The maximum atomic E-state index is 11.4. The molecule has 0 aromatic heterocycles. The van der Waals surface area contributed by atoms with E-state index >= 15 is 0 Å². The Balaban J connectivity index is 2.26. The zero-order valence-electron chi connectivity index (χ0n) is 11.3. The molecule has 0 atom stereocenters. The lowest BCUT2D eigenvalue weighted by atomic mass is 10.0. The molecule has 1 aliphatic carbocycles. The van der Waals surface area contributed by atoms with Gasteiger partial charge < -0.3 is 5.73 Å². The number of hydrogen-bond acceptors (Lipinski definition) is 3. The van der Waals surface area contributed by atoms with Gasteiger partial charge in [0.15, 0.2) is 5.78 Å². The summed E-state index contributed by atoms with van der Waals surface area (Å²) in [5, 5.41) is 0. The van der Waals surface area contributed by atoms with Gasteiger partial charge in [-0.05, 0) is 42.7 Å². The standard InChI is InChI=1S/C16H18N2O/c1-3-4-12-5-7-13(8-6-12)18-15-9-11(2)16(19)10-14(15)17/h5-10H,3-4,17H2,1-2H3. The first-order chi connectivity index (χ1) is 9.10. The van der Waals surface area contributed by atoms with Gasteiger partial charge in [0, 0.05) is 6.08 Å². The van der Waals surface area contributed by atoms with Gasteiger partial charge in [-0.25, -0.2) is 4.99 Å². The molecule has 3 heteroatoms. The van der Waals surface area contributed by atoms with Crippen molar-refractivity contribution in [2.75, 3.05) is 0 Å². The van der Waals surface area contributed by atoms with Crippen molar-refractivity contribution in [3.63, 3.8) is 0 Å². The van der Waals surface area contributed by atoms with Gasteiger partial charge in [-0.1, -0.05) is 25.5 Å². The monoisotopic (exact) mass is 254 g/mol. The van der Waals surface area contributed by atoms with E-state index in [1.54, 1.807) is 13.0 Å². The number of allylic oxidation sites excluding steroid dienone is 3. The van der Waals surface area contributed by atoms with E-state index in [2.05, 4.69) is 24.0 Å². The molecule has 2 rings (SSSR count). The molecule has 0 saturated heterocycles. The van der Waals surface area contributed by atoms with Crippen LogP contribution >= 0.6 is 0 Å². The molecule has 0 spiro atoms. The molecule has 0 aliphatic heterocycles. The number of aryl methyl sites for hydroxylation is 1. The van der Waals surface area contributed by atoms with E-state index in [0.29, 0.717) is 17.0 Å². The van der Waals surface area contributed by atoms with E-state index in [0.717, 1.165) is 18.5 Å². The van der Waals surface area contributed by atoms with E-state index in [4.69, 9.17) is 5.73 Å². The van der Waals surface area contributed by atoms with Crippen LogP contribution < -0.4 is 5.73 Å². The van der Waals surface area contributed by atoms with E-state index in [9.17, 15) is 4.79 Å². The largest absolute Gasteiger partial charge is 0.397 e. The Morgan fingerprint density at radius 3 is 2.47 bits per heavy atom. The van der Waals surface area contributed by atoms with Crippen molar-refractivity contribution in [2.45, 2.75) is 26.7 Å². The van der Waals surface area contributed by atoms with Gasteiger partial charge in [-0.2, -0.15) is 0 Å². The molecular weight excluding hydrogens is 236 g/mol. The molecule has 1 aromatic rings. The summed E-state index contributed by atoms with van der Waals surface area (Å²) in [6.07, 6.45) is 5.37. The van der Waals surface area contributed by atoms with Gasteiger partial charge in [-0.15, -0.1) is 0 Å². The number of nitrogens with zero attached hydrogens (tertiary/aromatic N) is 1. The molecule has 0 saturated carbocycles. The molecule has 3 nitrogen and oxygen atoms in total. The molecule has 1 aliphatic rings. The molecule has 0 heterocycles. The van der Waals surface area contributed by atoms with E-state index in [1.165, 1.54) is 11.6 Å². The van der Waals surface area contributed by atoms with Crippen LogP contribution in [0.25, 0.3) is 0 Å². The van der Waals surface area contributed by atoms with Gasteiger partial charge in [0.2, 0.25) is 0 Å². The van der Waals surface area contributed by atoms with E-state index in [1.807, 2.05) is 12.1 Å². The highest BCUT2D eigenvalue weighted by molar-refractivity contribution is 6.21. The first-order valence-corrected chi connectivity index (χ1v) is 6.48. The predicted octanol–water partition coefficient (Wildman–Crippen LogP) is 3.08. The maximum absolute atomic E-state index is 11.4. The highest BCUT2D eigenvalue weighted by Gasteiger charge is 2.13. The zero-order chi connectivity index (χ0) is 13.8.